The minimum Gasteiger partial charge on any atom is -0.339 e. The molecule has 0 spiro atoms. The van der Waals surface area contributed by atoms with Gasteiger partial charge in [-0.3, -0.25) is 4.79 Å². The average molecular weight is 278 g/mol. The van der Waals surface area contributed by atoms with Crippen molar-refractivity contribution in [3.63, 3.8) is 0 Å². The van der Waals surface area contributed by atoms with E-state index in [4.69, 9.17) is 0 Å². The monoisotopic (exact) mass is 278 g/mol. The Morgan fingerprint density at radius 2 is 1.85 bits per heavy atom. The fourth-order valence-electron chi connectivity index (χ4n) is 4.72. The average Bonchev–Trinajstić information content (AvgIpc) is 3.01. The van der Waals surface area contributed by atoms with E-state index in [1.54, 1.807) is 0 Å². The van der Waals surface area contributed by atoms with Crippen molar-refractivity contribution in [1.82, 2.24) is 10.2 Å². The summed E-state index contributed by atoms with van der Waals surface area (Å²) >= 11 is 0. The van der Waals surface area contributed by atoms with Gasteiger partial charge in [-0.15, -0.1) is 0 Å². The summed E-state index contributed by atoms with van der Waals surface area (Å²) in [4.78, 5) is 15.3. The summed E-state index contributed by atoms with van der Waals surface area (Å²) in [5.41, 5.74) is 0. The molecule has 3 rings (SSSR count). The van der Waals surface area contributed by atoms with Gasteiger partial charge in [0, 0.05) is 30.6 Å². The van der Waals surface area contributed by atoms with Crippen LogP contribution in [0.5, 0.6) is 0 Å². The highest BCUT2D eigenvalue weighted by Gasteiger charge is 2.40. The van der Waals surface area contributed by atoms with E-state index < -0.39 is 0 Å². The van der Waals surface area contributed by atoms with Crippen LogP contribution in [0.1, 0.15) is 65.2 Å². The molecule has 1 aliphatic carbocycles. The van der Waals surface area contributed by atoms with Crippen molar-refractivity contribution in [3.8, 4) is 0 Å². The Balaban J connectivity index is 1.69. The summed E-state index contributed by atoms with van der Waals surface area (Å²) in [6.07, 6.45) is 9.70. The molecule has 20 heavy (non-hydrogen) atoms. The Morgan fingerprint density at radius 3 is 2.40 bits per heavy atom. The lowest BCUT2D eigenvalue weighted by Gasteiger charge is -2.39. The first kappa shape index (κ1) is 14.4. The Labute approximate surface area is 123 Å². The molecule has 0 radical (unpaired) electrons. The third kappa shape index (κ3) is 2.74. The number of nitrogens with one attached hydrogen (secondary N) is 1. The van der Waals surface area contributed by atoms with E-state index in [-0.39, 0.29) is 0 Å². The quantitative estimate of drug-likeness (QED) is 0.857. The zero-order valence-corrected chi connectivity index (χ0v) is 13.1. The Bertz CT molecular complexity index is 345. The van der Waals surface area contributed by atoms with E-state index in [2.05, 4.69) is 24.1 Å². The van der Waals surface area contributed by atoms with Crippen molar-refractivity contribution in [3.05, 3.63) is 0 Å². The summed E-state index contributed by atoms with van der Waals surface area (Å²) in [5, 5.41) is 3.70. The smallest absolute Gasteiger partial charge is 0.226 e. The summed E-state index contributed by atoms with van der Waals surface area (Å²) in [5.74, 6) is 1.39. The van der Waals surface area contributed by atoms with Crippen LogP contribution in [0.4, 0.5) is 0 Å². The number of amides is 1. The first-order valence-electron chi connectivity index (χ1n) is 8.75. The van der Waals surface area contributed by atoms with Gasteiger partial charge >= 0.3 is 0 Å². The zero-order valence-electron chi connectivity index (χ0n) is 13.1. The Kier molecular flexibility index (Phi) is 4.34. The first-order valence-corrected chi connectivity index (χ1v) is 8.75. The van der Waals surface area contributed by atoms with Gasteiger partial charge < -0.3 is 10.2 Å². The predicted molar refractivity (Wildman–Crippen MR) is 81.5 cm³/mol. The lowest BCUT2D eigenvalue weighted by Crippen LogP contribution is -2.52. The van der Waals surface area contributed by atoms with Gasteiger partial charge in [0.2, 0.25) is 5.91 Å². The molecule has 2 saturated heterocycles. The van der Waals surface area contributed by atoms with Crippen molar-refractivity contribution in [1.29, 1.82) is 0 Å². The lowest BCUT2D eigenvalue weighted by atomic mass is 9.92. The van der Waals surface area contributed by atoms with Crippen LogP contribution in [0.2, 0.25) is 0 Å². The van der Waals surface area contributed by atoms with Crippen LogP contribution in [0.15, 0.2) is 0 Å². The van der Waals surface area contributed by atoms with E-state index in [1.165, 1.54) is 38.5 Å². The molecule has 0 aromatic carbocycles. The third-order valence-corrected chi connectivity index (χ3v) is 5.82. The normalized spacial score (nSPS) is 40.0. The topological polar surface area (TPSA) is 32.3 Å². The molecule has 1 saturated carbocycles. The standard InChI is InChI=1S/C17H30N2O/c1-3-9-19(17(20)16-6-4-5-12(16)2)15-10-13-7-8-14(11-15)18-13/h12-16,18H,3-11H2,1-2H3. The number of nitrogens with zero attached hydrogens (tertiary/aromatic N) is 1. The summed E-state index contributed by atoms with van der Waals surface area (Å²) < 4.78 is 0. The van der Waals surface area contributed by atoms with Crippen LogP contribution in [-0.4, -0.2) is 35.5 Å². The highest BCUT2D eigenvalue weighted by Crippen LogP contribution is 2.35. The molecule has 3 aliphatic rings. The number of hydrogen-bond donors (Lipinski definition) is 1. The maximum Gasteiger partial charge on any atom is 0.226 e. The van der Waals surface area contributed by atoms with E-state index >= 15 is 0 Å². The van der Waals surface area contributed by atoms with Crippen molar-refractivity contribution < 1.29 is 4.79 Å². The number of carbonyl (C=O) groups is 1. The Hall–Kier alpha value is -0.570. The van der Waals surface area contributed by atoms with E-state index in [0.717, 1.165) is 19.4 Å². The molecule has 1 amide bonds. The van der Waals surface area contributed by atoms with Crippen molar-refractivity contribution >= 4 is 5.91 Å². The molecule has 0 aromatic heterocycles. The number of hydrogen-bond acceptors (Lipinski definition) is 2. The number of piperidine rings is 1. The van der Waals surface area contributed by atoms with Gasteiger partial charge in [0.25, 0.3) is 0 Å². The molecule has 1 N–H and O–H groups in total. The molecular weight excluding hydrogens is 248 g/mol. The maximum atomic E-state index is 13.0. The van der Waals surface area contributed by atoms with Gasteiger partial charge in [-0.1, -0.05) is 20.3 Å². The van der Waals surface area contributed by atoms with Crippen LogP contribution in [-0.2, 0) is 4.79 Å². The number of rotatable bonds is 4. The highest BCUT2D eigenvalue weighted by atomic mass is 16.2. The van der Waals surface area contributed by atoms with Gasteiger partial charge in [0.1, 0.15) is 0 Å². The Morgan fingerprint density at radius 1 is 1.15 bits per heavy atom. The second kappa shape index (κ2) is 6.05. The van der Waals surface area contributed by atoms with Crippen LogP contribution < -0.4 is 5.32 Å². The zero-order chi connectivity index (χ0) is 14.1. The SMILES string of the molecule is CCCN(C(=O)C1CCCC1C)C1CC2CCC(C1)N2. The van der Waals surface area contributed by atoms with Crippen molar-refractivity contribution in [2.45, 2.75) is 83.3 Å². The van der Waals surface area contributed by atoms with Crippen LogP contribution in [0.3, 0.4) is 0 Å². The van der Waals surface area contributed by atoms with Crippen LogP contribution in [0, 0.1) is 11.8 Å². The van der Waals surface area contributed by atoms with E-state index in [1.807, 2.05) is 0 Å². The second-order valence-corrected chi connectivity index (χ2v) is 7.31. The molecule has 114 valence electrons. The molecular formula is C17H30N2O. The van der Waals surface area contributed by atoms with Gasteiger partial charge in [-0.05, 0) is 50.9 Å². The van der Waals surface area contributed by atoms with Gasteiger partial charge in [0.05, 0.1) is 0 Å². The molecule has 3 heteroatoms. The van der Waals surface area contributed by atoms with Crippen molar-refractivity contribution in [2.75, 3.05) is 6.54 Å². The summed E-state index contributed by atoms with van der Waals surface area (Å²) in [6, 6.07) is 1.85. The minimum absolute atomic E-state index is 0.314. The fourth-order valence-corrected chi connectivity index (χ4v) is 4.72. The largest absolute Gasteiger partial charge is 0.339 e. The lowest BCUT2D eigenvalue weighted by molar-refractivity contribution is -0.139. The molecule has 3 fully saturated rings. The van der Waals surface area contributed by atoms with E-state index in [9.17, 15) is 4.79 Å². The van der Waals surface area contributed by atoms with Crippen LogP contribution in [0.25, 0.3) is 0 Å². The third-order valence-electron chi connectivity index (χ3n) is 5.82. The predicted octanol–water partition coefficient (Wildman–Crippen LogP) is 2.94. The molecule has 2 aliphatic heterocycles. The summed E-state index contributed by atoms with van der Waals surface area (Å²) in [6.45, 7) is 5.44. The van der Waals surface area contributed by atoms with Crippen LogP contribution >= 0.6 is 0 Å². The molecule has 4 atom stereocenters. The van der Waals surface area contributed by atoms with Gasteiger partial charge in [-0.2, -0.15) is 0 Å². The van der Waals surface area contributed by atoms with E-state index in [0.29, 0.717) is 35.9 Å². The highest BCUT2D eigenvalue weighted by molar-refractivity contribution is 5.79. The van der Waals surface area contributed by atoms with Crippen molar-refractivity contribution in [2.24, 2.45) is 11.8 Å². The molecule has 0 aromatic rings. The van der Waals surface area contributed by atoms with Gasteiger partial charge in [-0.25, -0.2) is 0 Å². The molecule has 3 nitrogen and oxygen atoms in total. The minimum atomic E-state index is 0.314. The number of fused-ring (bicyclic) bond motifs is 2. The molecule has 2 bridgehead atoms. The fraction of sp³-hybridized carbons (Fsp3) is 0.941. The molecule has 2 heterocycles. The second-order valence-electron chi connectivity index (χ2n) is 7.31. The first-order chi connectivity index (χ1) is 9.69. The summed E-state index contributed by atoms with van der Waals surface area (Å²) in [7, 11) is 0. The van der Waals surface area contributed by atoms with Gasteiger partial charge in [0.15, 0.2) is 0 Å². The number of carbonyl (C=O) groups excluding carboxylic acids is 1. The molecule has 4 unspecified atom stereocenters. The maximum absolute atomic E-state index is 13.0.